The van der Waals surface area contributed by atoms with E-state index in [0.29, 0.717) is 6.42 Å². The van der Waals surface area contributed by atoms with Crippen LogP contribution in [0.1, 0.15) is 16.8 Å². The largest absolute Gasteiger partial charge is 0.480 e. The van der Waals surface area contributed by atoms with Crippen molar-refractivity contribution in [3.8, 4) is 0 Å². The minimum atomic E-state index is -0.939. The van der Waals surface area contributed by atoms with E-state index in [1.807, 2.05) is 0 Å². The molecule has 2 heterocycles. The standard InChI is InChI=1S/C15H16BrFN4O2/c16-14-6-11(17)5-10-1-3-20(8-13(10)14)4-2-12-7-21(19-18-12)9-15(22)23/h5-7H,1-4,8-9H2,(H,22,23). The molecule has 0 spiro atoms. The van der Waals surface area contributed by atoms with E-state index >= 15 is 0 Å². The Kier molecular flexibility index (Phi) is 4.72. The molecule has 0 fully saturated rings. The highest BCUT2D eigenvalue weighted by atomic mass is 79.9. The summed E-state index contributed by atoms with van der Waals surface area (Å²) < 4.78 is 15.5. The van der Waals surface area contributed by atoms with Crippen molar-refractivity contribution >= 4 is 21.9 Å². The van der Waals surface area contributed by atoms with E-state index in [0.717, 1.165) is 47.3 Å². The molecule has 1 aromatic carbocycles. The minimum Gasteiger partial charge on any atom is -0.480 e. The molecule has 0 saturated heterocycles. The van der Waals surface area contributed by atoms with Gasteiger partial charge >= 0.3 is 5.97 Å². The Morgan fingerprint density at radius 1 is 1.43 bits per heavy atom. The third-order valence-electron chi connectivity index (χ3n) is 3.90. The Bertz CT molecular complexity index is 734. The van der Waals surface area contributed by atoms with Gasteiger partial charge in [0.05, 0.1) is 5.69 Å². The normalized spacial score (nSPS) is 14.7. The molecule has 0 atom stereocenters. The first-order valence-corrected chi connectivity index (χ1v) is 8.10. The molecule has 23 heavy (non-hydrogen) atoms. The lowest BCUT2D eigenvalue weighted by atomic mass is 9.99. The molecule has 0 amide bonds. The molecule has 1 aromatic heterocycles. The van der Waals surface area contributed by atoms with Crippen molar-refractivity contribution in [3.63, 3.8) is 0 Å². The molecule has 0 saturated carbocycles. The van der Waals surface area contributed by atoms with Crippen LogP contribution in [0.5, 0.6) is 0 Å². The highest BCUT2D eigenvalue weighted by molar-refractivity contribution is 9.10. The van der Waals surface area contributed by atoms with Crippen LogP contribution in [0, 0.1) is 5.82 Å². The van der Waals surface area contributed by atoms with Crippen molar-refractivity contribution < 1.29 is 14.3 Å². The first-order valence-electron chi connectivity index (χ1n) is 7.31. The summed E-state index contributed by atoms with van der Waals surface area (Å²) in [5.74, 6) is -1.15. The molecule has 8 heteroatoms. The summed E-state index contributed by atoms with van der Waals surface area (Å²) in [4.78, 5) is 12.9. The van der Waals surface area contributed by atoms with E-state index in [9.17, 15) is 9.18 Å². The number of rotatable bonds is 5. The van der Waals surface area contributed by atoms with Crippen LogP contribution in [0.25, 0.3) is 0 Å². The zero-order chi connectivity index (χ0) is 16.4. The lowest BCUT2D eigenvalue weighted by Crippen LogP contribution is -2.32. The van der Waals surface area contributed by atoms with E-state index in [-0.39, 0.29) is 12.4 Å². The third kappa shape index (κ3) is 3.94. The second kappa shape index (κ2) is 6.76. The molecule has 1 aliphatic rings. The molecule has 0 radical (unpaired) electrons. The van der Waals surface area contributed by atoms with E-state index in [2.05, 4.69) is 31.1 Å². The fraction of sp³-hybridized carbons (Fsp3) is 0.400. The molecular formula is C15H16BrFN4O2. The van der Waals surface area contributed by atoms with Crippen LogP contribution in [-0.4, -0.2) is 44.1 Å². The Labute approximate surface area is 141 Å². The van der Waals surface area contributed by atoms with Crippen LogP contribution in [-0.2, 0) is 30.7 Å². The van der Waals surface area contributed by atoms with Crippen LogP contribution in [0.2, 0.25) is 0 Å². The zero-order valence-corrected chi connectivity index (χ0v) is 14.0. The van der Waals surface area contributed by atoms with Crippen LogP contribution in [0.15, 0.2) is 22.8 Å². The van der Waals surface area contributed by atoms with E-state index in [4.69, 9.17) is 5.11 Å². The average Bonchev–Trinajstić information content (AvgIpc) is 2.92. The molecular weight excluding hydrogens is 367 g/mol. The molecule has 0 aliphatic carbocycles. The fourth-order valence-electron chi connectivity index (χ4n) is 2.77. The van der Waals surface area contributed by atoms with Crippen LogP contribution >= 0.6 is 15.9 Å². The van der Waals surface area contributed by atoms with Gasteiger partial charge in [-0.05, 0) is 29.7 Å². The lowest BCUT2D eigenvalue weighted by Gasteiger charge is -2.29. The lowest BCUT2D eigenvalue weighted by molar-refractivity contribution is -0.137. The summed E-state index contributed by atoms with van der Waals surface area (Å²) in [7, 11) is 0. The highest BCUT2D eigenvalue weighted by Crippen LogP contribution is 2.27. The van der Waals surface area contributed by atoms with Gasteiger partial charge in [-0.25, -0.2) is 9.07 Å². The number of nitrogens with zero attached hydrogens (tertiary/aromatic N) is 4. The number of hydrogen-bond acceptors (Lipinski definition) is 4. The topological polar surface area (TPSA) is 71.2 Å². The smallest absolute Gasteiger partial charge is 0.325 e. The van der Waals surface area contributed by atoms with Crippen molar-refractivity contribution in [1.29, 1.82) is 0 Å². The summed E-state index contributed by atoms with van der Waals surface area (Å²) in [6.07, 6.45) is 3.18. The number of hydrogen-bond donors (Lipinski definition) is 1. The van der Waals surface area contributed by atoms with Crippen molar-refractivity contribution in [2.45, 2.75) is 25.9 Å². The van der Waals surface area contributed by atoms with Gasteiger partial charge < -0.3 is 5.11 Å². The Hall–Kier alpha value is -1.80. The predicted octanol–water partition coefficient (Wildman–Crippen LogP) is 1.87. The van der Waals surface area contributed by atoms with Crippen molar-refractivity contribution in [3.05, 3.63) is 45.4 Å². The first-order chi connectivity index (χ1) is 11.0. The number of carbonyl (C=O) groups is 1. The second-order valence-electron chi connectivity index (χ2n) is 5.60. The number of benzene rings is 1. The summed E-state index contributed by atoms with van der Waals surface area (Å²) in [5, 5.41) is 16.5. The Balaban J connectivity index is 1.59. The predicted molar refractivity (Wildman–Crippen MR) is 84.4 cm³/mol. The quantitative estimate of drug-likeness (QED) is 0.854. The summed E-state index contributed by atoms with van der Waals surface area (Å²) in [5.41, 5.74) is 2.96. The summed E-state index contributed by atoms with van der Waals surface area (Å²) in [6, 6.07) is 3.11. The molecule has 1 N–H and O–H groups in total. The van der Waals surface area contributed by atoms with Gasteiger partial charge in [0.25, 0.3) is 0 Å². The van der Waals surface area contributed by atoms with E-state index in [1.54, 1.807) is 12.3 Å². The molecule has 122 valence electrons. The van der Waals surface area contributed by atoms with Gasteiger partial charge in [0.2, 0.25) is 0 Å². The molecule has 0 bridgehead atoms. The van der Waals surface area contributed by atoms with E-state index < -0.39 is 5.97 Å². The highest BCUT2D eigenvalue weighted by Gasteiger charge is 2.19. The summed E-state index contributed by atoms with van der Waals surface area (Å²) in [6.45, 7) is 2.25. The average molecular weight is 383 g/mol. The maximum absolute atomic E-state index is 13.4. The van der Waals surface area contributed by atoms with Gasteiger partial charge in [-0.15, -0.1) is 5.10 Å². The molecule has 1 aliphatic heterocycles. The van der Waals surface area contributed by atoms with Gasteiger partial charge in [0.15, 0.2) is 0 Å². The number of aromatic nitrogens is 3. The molecule has 3 rings (SSSR count). The molecule has 0 unspecified atom stereocenters. The number of halogens is 2. The fourth-order valence-corrected chi connectivity index (χ4v) is 3.37. The van der Waals surface area contributed by atoms with Crippen molar-refractivity contribution in [2.75, 3.05) is 13.1 Å². The van der Waals surface area contributed by atoms with Gasteiger partial charge in [-0.1, -0.05) is 21.1 Å². The summed E-state index contributed by atoms with van der Waals surface area (Å²) >= 11 is 3.43. The van der Waals surface area contributed by atoms with Crippen molar-refractivity contribution in [2.24, 2.45) is 0 Å². The van der Waals surface area contributed by atoms with Crippen LogP contribution < -0.4 is 0 Å². The van der Waals surface area contributed by atoms with Gasteiger partial charge in [-0.3, -0.25) is 9.69 Å². The Morgan fingerprint density at radius 3 is 3.04 bits per heavy atom. The first kappa shape index (κ1) is 16.1. The van der Waals surface area contributed by atoms with Gasteiger partial charge in [-0.2, -0.15) is 0 Å². The monoisotopic (exact) mass is 382 g/mol. The van der Waals surface area contributed by atoms with Gasteiger partial charge in [0, 0.05) is 36.7 Å². The molecule has 2 aromatic rings. The van der Waals surface area contributed by atoms with Crippen molar-refractivity contribution in [1.82, 2.24) is 19.9 Å². The second-order valence-corrected chi connectivity index (χ2v) is 6.46. The number of carboxylic acid groups (broad SMARTS) is 1. The number of fused-ring (bicyclic) bond motifs is 1. The third-order valence-corrected chi connectivity index (χ3v) is 4.61. The van der Waals surface area contributed by atoms with Crippen LogP contribution in [0.4, 0.5) is 4.39 Å². The minimum absolute atomic E-state index is 0.178. The Morgan fingerprint density at radius 2 is 2.26 bits per heavy atom. The van der Waals surface area contributed by atoms with Gasteiger partial charge in [0.1, 0.15) is 12.4 Å². The maximum Gasteiger partial charge on any atom is 0.325 e. The van der Waals surface area contributed by atoms with Crippen LogP contribution in [0.3, 0.4) is 0 Å². The zero-order valence-electron chi connectivity index (χ0n) is 12.4. The molecule has 6 nitrogen and oxygen atoms in total. The number of carboxylic acids is 1. The maximum atomic E-state index is 13.4. The van der Waals surface area contributed by atoms with E-state index in [1.165, 1.54) is 10.7 Å². The number of aliphatic carboxylic acids is 1. The SMILES string of the molecule is O=C(O)Cn1cc(CCN2CCc3cc(F)cc(Br)c3C2)nn1.